The fraction of sp³-hybridized carbons (Fsp3) is 0.130. The monoisotopic (exact) mass is 418 g/mol. The van der Waals surface area contributed by atoms with Crippen LogP contribution in [0.15, 0.2) is 71.6 Å². The van der Waals surface area contributed by atoms with Gasteiger partial charge in [-0.05, 0) is 30.2 Å². The second-order valence-corrected chi connectivity index (χ2v) is 7.07. The van der Waals surface area contributed by atoms with Crippen molar-refractivity contribution < 1.29 is 9.32 Å². The van der Waals surface area contributed by atoms with Crippen molar-refractivity contribution in [2.75, 3.05) is 4.90 Å². The van der Waals surface area contributed by atoms with Crippen molar-refractivity contribution in [2.24, 2.45) is 0 Å². The lowest BCUT2D eigenvalue weighted by atomic mass is 10.0. The first kappa shape index (κ1) is 19.8. The van der Waals surface area contributed by atoms with Crippen molar-refractivity contribution in [1.29, 1.82) is 0 Å². The van der Waals surface area contributed by atoms with Gasteiger partial charge in [-0.1, -0.05) is 60.1 Å². The molecular weight excluding hydrogens is 400 g/mol. The van der Waals surface area contributed by atoms with E-state index in [2.05, 4.69) is 22.0 Å². The smallest absolute Gasteiger partial charge is 0.248 e. The van der Waals surface area contributed by atoms with Crippen molar-refractivity contribution in [3.8, 4) is 22.5 Å². The Hall–Kier alpha value is -3.51. The van der Waals surface area contributed by atoms with Gasteiger partial charge in [0.2, 0.25) is 11.8 Å². The van der Waals surface area contributed by atoms with E-state index in [-0.39, 0.29) is 11.8 Å². The van der Waals surface area contributed by atoms with Crippen LogP contribution in [-0.2, 0) is 11.2 Å². The summed E-state index contributed by atoms with van der Waals surface area (Å²) in [5.41, 5.74) is 4.35. The van der Waals surface area contributed by atoms with Gasteiger partial charge in [-0.25, -0.2) is 14.9 Å². The lowest BCUT2D eigenvalue weighted by Crippen LogP contribution is -2.23. The number of hydrogen-bond donors (Lipinski definition) is 0. The number of nitrogens with zero attached hydrogens (tertiary/aromatic N) is 4. The number of anilines is 2. The number of halogens is 1. The van der Waals surface area contributed by atoms with E-state index in [0.29, 0.717) is 27.7 Å². The molecule has 0 atom stereocenters. The number of aryl methyl sites for hydroxylation is 1. The molecule has 2 heterocycles. The minimum absolute atomic E-state index is 0.254. The van der Waals surface area contributed by atoms with Gasteiger partial charge in [0.25, 0.3) is 0 Å². The largest absolute Gasteiger partial charge is 0.336 e. The first-order valence-corrected chi connectivity index (χ1v) is 9.88. The molecule has 1 amide bonds. The molecule has 0 aliphatic carbocycles. The van der Waals surface area contributed by atoms with Crippen LogP contribution in [-0.4, -0.2) is 21.0 Å². The molecule has 2 aromatic heterocycles. The Bertz CT molecular complexity index is 1170. The van der Waals surface area contributed by atoms with Gasteiger partial charge < -0.3 is 4.52 Å². The van der Waals surface area contributed by atoms with Crippen LogP contribution in [0.1, 0.15) is 19.4 Å². The third-order valence-corrected chi connectivity index (χ3v) is 5.08. The van der Waals surface area contributed by atoms with Crippen LogP contribution in [0.25, 0.3) is 22.5 Å². The average molecular weight is 419 g/mol. The molecule has 0 radical (unpaired) electrons. The third kappa shape index (κ3) is 3.69. The van der Waals surface area contributed by atoms with Crippen LogP contribution in [0.5, 0.6) is 0 Å². The highest BCUT2D eigenvalue weighted by atomic mass is 35.5. The van der Waals surface area contributed by atoms with Crippen LogP contribution >= 0.6 is 11.6 Å². The van der Waals surface area contributed by atoms with Gasteiger partial charge in [0, 0.05) is 18.7 Å². The maximum absolute atomic E-state index is 12.7. The summed E-state index contributed by atoms with van der Waals surface area (Å²) in [5, 5.41) is 4.73. The average Bonchev–Trinajstić information content (AvgIpc) is 3.20. The standard InChI is InChI=1S/C23H19ClN4O2/c1-3-16-8-10-17(11-9-16)22-21(19-12-13-25-14-26-19)23(30-27-22)28(15(2)29)20-7-5-4-6-18(20)24/h4-14H,3H2,1-2H3. The van der Waals surface area contributed by atoms with Gasteiger partial charge in [0.15, 0.2) is 0 Å². The predicted octanol–water partition coefficient (Wildman–Crippen LogP) is 5.70. The highest BCUT2D eigenvalue weighted by molar-refractivity contribution is 6.34. The number of carbonyl (C=O) groups is 1. The van der Waals surface area contributed by atoms with Gasteiger partial charge >= 0.3 is 0 Å². The quantitative estimate of drug-likeness (QED) is 0.415. The number of carbonyl (C=O) groups excluding carboxylic acids is 1. The molecule has 2 aromatic carbocycles. The Morgan fingerprint density at radius 3 is 2.50 bits per heavy atom. The summed E-state index contributed by atoms with van der Waals surface area (Å²) in [6, 6.07) is 16.9. The van der Waals surface area contributed by atoms with E-state index in [4.69, 9.17) is 16.1 Å². The fourth-order valence-corrected chi connectivity index (χ4v) is 3.47. The maximum Gasteiger partial charge on any atom is 0.248 e. The second kappa shape index (κ2) is 8.47. The first-order valence-electron chi connectivity index (χ1n) is 9.50. The Morgan fingerprint density at radius 1 is 1.10 bits per heavy atom. The van der Waals surface area contributed by atoms with Crippen LogP contribution < -0.4 is 4.90 Å². The topological polar surface area (TPSA) is 72.1 Å². The molecule has 7 heteroatoms. The summed E-state index contributed by atoms with van der Waals surface area (Å²) in [4.78, 5) is 22.4. The molecule has 0 unspecified atom stereocenters. The minimum Gasteiger partial charge on any atom is -0.336 e. The SMILES string of the molecule is CCc1ccc(-c2noc(N(C(C)=O)c3ccccc3Cl)c2-c2ccncn2)cc1. The molecule has 0 spiro atoms. The summed E-state index contributed by atoms with van der Waals surface area (Å²) < 4.78 is 5.73. The number of rotatable bonds is 5. The van der Waals surface area contributed by atoms with Crippen molar-refractivity contribution in [2.45, 2.75) is 20.3 Å². The zero-order valence-electron chi connectivity index (χ0n) is 16.5. The van der Waals surface area contributed by atoms with Crippen LogP contribution in [0, 0.1) is 0 Å². The lowest BCUT2D eigenvalue weighted by Gasteiger charge is -2.20. The van der Waals surface area contributed by atoms with E-state index in [9.17, 15) is 4.79 Å². The van der Waals surface area contributed by atoms with Crippen molar-refractivity contribution in [3.63, 3.8) is 0 Å². The molecule has 0 saturated carbocycles. The van der Waals surface area contributed by atoms with E-state index in [1.54, 1.807) is 30.5 Å². The summed E-state index contributed by atoms with van der Waals surface area (Å²) in [7, 11) is 0. The van der Waals surface area contributed by atoms with Crippen LogP contribution in [0.4, 0.5) is 11.6 Å². The molecule has 0 bridgehead atoms. The molecular formula is C23H19ClN4O2. The Balaban J connectivity index is 1.95. The fourth-order valence-electron chi connectivity index (χ4n) is 3.25. The van der Waals surface area contributed by atoms with E-state index in [1.165, 1.54) is 23.7 Å². The Labute approximate surface area is 179 Å². The van der Waals surface area contributed by atoms with Crippen LogP contribution in [0.3, 0.4) is 0 Å². The summed E-state index contributed by atoms with van der Waals surface area (Å²) in [6.45, 7) is 3.55. The molecule has 0 fully saturated rings. The first-order chi connectivity index (χ1) is 14.6. The highest BCUT2D eigenvalue weighted by Gasteiger charge is 2.29. The summed E-state index contributed by atoms with van der Waals surface area (Å²) in [6.07, 6.45) is 4.02. The molecule has 150 valence electrons. The van der Waals surface area contributed by atoms with Gasteiger partial charge in [-0.2, -0.15) is 0 Å². The van der Waals surface area contributed by atoms with E-state index >= 15 is 0 Å². The Kier molecular flexibility index (Phi) is 5.59. The van der Waals surface area contributed by atoms with Crippen molar-refractivity contribution in [1.82, 2.24) is 15.1 Å². The third-order valence-electron chi connectivity index (χ3n) is 4.76. The molecule has 30 heavy (non-hydrogen) atoms. The molecule has 4 rings (SSSR count). The summed E-state index contributed by atoms with van der Waals surface area (Å²) >= 11 is 6.39. The van der Waals surface area contributed by atoms with E-state index in [1.807, 2.05) is 30.3 Å². The zero-order valence-corrected chi connectivity index (χ0v) is 17.3. The number of benzene rings is 2. The molecule has 6 nitrogen and oxygen atoms in total. The maximum atomic E-state index is 12.7. The van der Waals surface area contributed by atoms with Crippen LogP contribution in [0.2, 0.25) is 5.02 Å². The van der Waals surface area contributed by atoms with Gasteiger partial charge in [0.1, 0.15) is 12.0 Å². The van der Waals surface area contributed by atoms with Gasteiger partial charge in [-0.3, -0.25) is 4.79 Å². The van der Waals surface area contributed by atoms with Crippen molar-refractivity contribution >= 4 is 29.1 Å². The van der Waals surface area contributed by atoms with E-state index in [0.717, 1.165) is 12.0 Å². The second-order valence-electron chi connectivity index (χ2n) is 6.66. The lowest BCUT2D eigenvalue weighted by molar-refractivity contribution is -0.116. The molecule has 0 aliphatic rings. The predicted molar refractivity (Wildman–Crippen MR) is 117 cm³/mol. The van der Waals surface area contributed by atoms with Crippen molar-refractivity contribution in [3.05, 3.63) is 77.7 Å². The number of amides is 1. The Morgan fingerprint density at radius 2 is 1.87 bits per heavy atom. The summed E-state index contributed by atoms with van der Waals surface area (Å²) in [5.74, 6) is -0.00805. The number of aromatic nitrogens is 3. The minimum atomic E-state index is -0.262. The molecule has 4 aromatic rings. The van der Waals surface area contributed by atoms with Gasteiger partial charge in [-0.15, -0.1) is 0 Å². The highest BCUT2D eigenvalue weighted by Crippen LogP contribution is 2.42. The van der Waals surface area contributed by atoms with Gasteiger partial charge in [0.05, 0.1) is 22.0 Å². The number of hydrogen-bond acceptors (Lipinski definition) is 5. The van der Waals surface area contributed by atoms with E-state index < -0.39 is 0 Å². The zero-order chi connectivity index (χ0) is 21.1. The normalized spacial score (nSPS) is 10.8. The number of para-hydroxylation sites is 1. The molecule has 0 saturated heterocycles. The molecule has 0 N–H and O–H groups in total. The molecule has 0 aliphatic heterocycles.